The summed E-state index contributed by atoms with van der Waals surface area (Å²) < 4.78 is 0. The maximum Gasteiger partial charge on any atom is 0.155 e. The van der Waals surface area contributed by atoms with Crippen molar-refractivity contribution in [3.05, 3.63) is 12.7 Å². The van der Waals surface area contributed by atoms with E-state index < -0.39 is 0 Å². The topological polar surface area (TPSA) is 34.1 Å². The molecular formula is C10H22O2. The molecule has 74 valence electrons. The number of hydrogen-bond acceptors (Lipinski definition) is 2. The second kappa shape index (κ2) is 12.7. The Morgan fingerprint density at radius 3 is 1.83 bits per heavy atom. The molecule has 0 unspecified atom stereocenters. The molecule has 0 N–H and O–H groups in total. The van der Waals surface area contributed by atoms with Gasteiger partial charge in [-0.15, -0.1) is 0 Å². The fraction of sp³-hybridized carbons (Fsp3) is 0.600. The van der Waals surface area contributed by atoms with Crippen molar-refractivity contribution in [2.45, 2.75) is 42.0 Å². The number of allylic oxidation sites excluding steroid dienone is 1. The van der Waals surface area contributed by atoms with Gasteiger partial charge in [0, 0.05) is 12.8 Å². The zero-order valence-electron chi connectivity index (χ0n) is 5.52. The summed E-state index contributed by atoms with van der Waals surface area (Å²) in [4.78, 5) is 20.7. The Bertz CT molecular complexity index is 137. The number of hydrogen-bond donors (Lipinski definition) is 0. The first kappa shape index (κ1) is 22.5. The molecule has 0 saturated carbocycles. The van der Waals surface area contributed by atoms with Crippen LogP contribution in [0.25, 0.3) is 0 Å². The molecule has 0 aromatic heterocycles. The molecule has 0 aliphatic rings. The third-order valence-electron chi connectivity index (χ3n) is 0.951. The first-order chi connectivity index (χ1) is 4.16. The van der Waals surface area contributed by atoms with Crippen molar-refractivity contribution in [3.63, 3.8) is 0 Å². The first-order valence-corrected chi connectivity index (χ1v) is 2.81. The molecule has 0 heterocycles. The van der Waals surface area contributed by atoms with Crippen LogP contribution < -0.4 is 0 Å². The predicted molar refractivity (Wildman–Crippen MR) is 55.3 cm³/mol. The minimum Gasteiger partial charge on any atom is -0.300 e. The van der Waals surface area contributed by atoms with E-state index in [1.54, 1.807) is 0 Å². The second-order valence-corrected chi connectivity index (χ2v) is 1.87. The molecule has 0 radical (unpaired) electrons. The van der Waals surface area contributed by atoms with Crippen LogP contribution in [-0.4, -0.2) is 11.6 Å². The van der Waals surface area contributed by atoms with Crippen LogP contribution in [0.5, 0.6) is 0 Å². The van der Waals surface area contributed by atoms with Crippen LogP contribution in [0.15, 0.2) is 12.7 Å². The van der Waals surface area contributed by atoms with Gasteiger partial charge in [-0.1, -0.05) is 28.9 Å². The van der Waals surface area contributed by atoms with Crippen LogP contribution in [0.4, 0.5) is 0 Å². The van der Waals surface area contributed by atoms with Gasteiger partial charge in [-0.25, -0.2) is 0 Å². The summed E-state index contributed by atoms with van der Waals surface area (Å²) >= 11 is 0. The number of carbonyl (C=O) groups is 2. The van der Waals surface area contributed by atoms with Gasteiger partial charge in [-0.3, -0.25) is 4.79 Å². The largest absolute Gasteiger partial charge is 0.300 e. The summed E-state index contributed by atoms with van der Waals surface area (Å²) in [5.74, 6) is -0.0181. The van der Waals surface area contributed by atoms with E-state index >= 15 is 0 Å². The van der Waals surface area contributed by atoms with Crippen LogP contribution in [0.3, 0.4) is 0 Å². The third-order valence-corrected chi connectivity index (χ3v) is 0.951. The lowest BCUT2D eigenvalue weighted by molar-refractivity contribution is -0.120. The lowest BCUT2D eigenvalue weighted by atomic mass is 10.2. The monoisotopic (exact) mass is 174 g/mol. The van der Waals surface area contributed by atoms with E-state index in [4.69, 9.17) is 0 Å². The highest BCUT2D eigenvalue weighted by molar-refractivity contribution is 5.91. The Kier molecular flexibility index (Phi) is 23.8. The summed E-state index contributed by atoms with van der Waals surface area (Å²) in [5.41, 5.74) is 0. The normalized spacial score (nSPS) is 6.42. The molecule has 0 aliphatic heterocycles. The van der Waals surface area contributed by atoms with E-state index in [1.165, 1.54) is 13.0 Å². The van der Waals surface area contributed by atoms with E-state index in [2.05, 4.69) is 6.58 Å². The standard InChI is InChI=1S/C7H10O2.3CH4/c1-3-7(9)5-4-6(2)8;;;/h3H,1,4-5H2,2H3;3*1H4. The van der Waals surface area contributed by atoms with Gasteiger partial charge in [0.25, 0.3) is 0 Å². The SMILES string of the molecule is C.C.C.C=CC(=O)CCC(C)=O. The fourth-order valence-electron chi connectivity index (χ4n) is 0.401. The summed E-state index contributed by atoms with van der Waals surface area (Å²) in [6.07, 6.45) is 1.88. The Morgan fingerprint density at radius 2 is 1.58 bits per heavy atom. The molecular weight excluding hydrogens is 152 g/mol. The second-order valence-electron chi connectivity index (χ2n) is 1.87. The Morgan fingerprint density at radius 1 is 1.17 bits per heavy atom. The molecule has 0 aromatic rings. The number of Topliss-reactive ketones (excluding diaryl/α,β-unsaturated/α-hetero) is 1. The van der Waals surface area contributed by atoms with E-state index in [1.807, 2.05) is 0 Å². The average molecular weight is 174 g/mol. The van der Waals surface area contributed by atoms with Crippen LogP contribution >= 0.6 is 0 Å². The molecule has 0 aliphatic carbocycles. The van der Waals surface area contributed by atoms with Crippen LogP contribution in [0.2, 0.25) is 0 Å². The van der Waals surface area contributed by atoms with Gasteiger partial charge < -0.3 is 4.79 Å². The highest BCUT2D eigenvalue weighted by Gasteiger charge is 1.97. The van der Waals surface area contributed by atoms with Crippen molar-refractivity contribution in [3.8, 4) is 0 Å². The lowest BCUT2D eigenvalue weighted by Crippen LogP contribution is -1.96. The van der Waals surface area contributed by atoms with Crippen molar-refractivity contribution in [1.82, 2.24) is 0 Å². The van der Waals surface area contributed by atoms with Gasteiger partial charge in [0.15, 0.2) is 5.78 Å². The van der Waals surface area contributed by atoms with E-state index in [0.29, 0.717) is 12.8 Å². The van der Waals surface area contributed by atoms with Crippen molar-refractivity contribution >= 4 is 11.6 Å². The molecule has 0 fully saturated rings. The smallest absolute Gasteiger partial charge is 0.155 e. The zero-order chi connectivity index (χ0) is 7.28. The van der Waals surface area contributed by atoms with Crippen LogP contribution in [0, 0.1) is 0 Å². The fourth-order valence-corrected chi connectivity index (χ4v) is 0.401. The van der Waals surface area contributed by atoms with E-state index in [0.717, 1.165) is 0 Å². The Labute approximate surface area is 76.7 Å². The van der Waals surface area contributed by atoms with Gasteiger partial charge in [-0.05, 0) is 13.0 Å². The van der Waals surface area contributed by atoms with E-state index in [9.17, 15) is 9.59 Å². The zero-order valence-corrected chi connectivity index (χ0v) is 5.52. The Hall–Kier alpha value is -0.920. The quantitative estimate of drug-likeness (QED) is 0.614. The highest BCUT2D eigenvalue weighted by atomic mass is 16.1. The highest BCUT2D eigenvalue weighted by Crippen LogP contribution is 1.91. The summed E-state index contributed by atoms with van der Waals surface area (Å²) in [6, 6.07) is 0. The average Bonchev–Trinajstić information content (AvgIpc) is 1.83. The van der Waals surface area contributed by atoms with Crippen molar-refractivity contribution < 1.29 is 9.59 Å². The predicted octanol–water partition coefficient (Wildman–Crippen LogP) is 3.02. The number of ketones is 2. The summed E-state index contributed by atoms with van der Waals surface area (Å²) in [6.45, 7) is 4.75. The lowest BCUT2D eigenvalue weighted by Gasteiger charge is -1.88. The molecule has 12 heavy (non-hydrogen) atoms. The van der Waals surface area contributed by atoms with Crippen LogP contribution in [-0.2, 0) is 9.59 Å². The summed E-state index contributed by atoms with van der Waals surface area (Å²) in [7, 11) is 0. The van der Waals surface area contributed by atoms with Crippen molar-refractivity contribution in [1.29, 1.82) is 0 Å². The molecule has 2 heteroatoms. The van der Waals surface area contributed by atoms with Gasteiger partial charge in [0.1, 0.15) is 5.78 Å². The Balaban J connectivity index is -0.000000107. The van der Waals surface area contributed by atoms with Crippen LogP contribution in [0.1, 0.15) is 42.0 Å². The molecule has 0 bridgehead atoms. The molecule has 0 rings (SSSR count). The number of carbonyl (C=O) groups excluding carboxylic acids is 2. The van der Waals surface area contributed by atoms with E-state index in [-0.39, 0.29) is 33.8 Å². The molecule has 0 aromatic carbocycles. The minimum absolute atomic E-state index is 0. The minimum atomic E-state index is -0.0646. The molecule has 0 atom stereocenters. The van der Waals surface area contributed by atoms with Crippen molar-refractivity contribution in [2.75, 3.05) is 0 Å². The van der Waals surface area contributed by atoms with Gasteiger partial charge in [-0.2, -0.15) is 0 Å². The van der Waals surface area contributed by atoms with Gasteiger partial charge in [0.05, 0.1) is 0 Å². The summed E-state index contributed by atoms with van der Waals surface area (Å²) in [5, 5.41) is 0. The molecule has 0 saturated heterocycles. The molecule has 0 spiro atoms. The third kappa shape index (κ3) is 16.0. The molecule has 0 amide bonds. The maximum absolute atomic E-state index is 10.4. The van der Waals surface area contributed by atoms with Gasteiger partial charge in [0.2, 0.25) is 0 Å². The number of rotatable bonds is 4. The van der Waals surface area contributed by atoms with Crippen molar-refractivity contribution in [2.24, 2.45) is 0 Å². The molecule has 2 nitrogen and oxygen atoms in total. The maximum atomic E-state index is 10.4. The first-order valence-electron chi connectivity index (χ1n) is 2.81. The van der Waals surface area contributed by atoms with Gasteiger partial charge >= 0.3 is 0 Å².